The van der Waals surface area contributed by atoms with Crippen LogP contribution in [-0.2, 0) is 16.1 Å². The van der Waals surface area contributed by atoms with Gasteiger partial charge in [-0.25, -0.2) is 19.3 Å². The van der Waals surface area contributed by atoms with Crippen molar-refractivity contribution >= 4 is 18.0 Å². The standard InChI is InChI=1S/C20H27N7O4/c1-20(2,3)31-19(30)25-8-9-26(18(21)29)16(11-25)17(28)23-10-14-4-6-15(7-5-14)27-13-22-12-24-27/h4-7,12-13,16H,8-11H2,1-3H3,(H2,21,29)(H,23,28)/t16-/m1/s1. The van der Waals surface area contributed by atoms with Gasteiger partial charge in [-0.2, -0.15) is 5.10 Å². The Balaban J connectivity index is 1.63. The zero-order valence-corrected chi connectivity index (χ0v) is 17.8. The molecule has 1 aromatic heterocycles. The van der Waals surface area contributed by atoms with Crippen molar-refractivity contribution in [2.24, 2.45) is 5.73 Å². The molecule has 1 aliphatic rings. The number of nitrogens with zero attached hydrogens (tertiary/aromatic N) is 5. The first-order chi connectivity index (χ1) is 14.6. The summed E-state index contributed by atoms with van der Waals surface area (Å²) in [7, 11) is 0. The summed E-state index contributed by atoms with van der Waals surface area (Å²) in [5.74, 6) is -0.396. The van der Waals surface area contributed by atoms with Crippen molar-refractivity contribution in [1.29, 1.82) is 0 Å². The van der Waals surface area contributed by atoms with Gasteiger partial charge in [0.1, 0.15) is 24.3 Å². The van der Waals surface area contributed by atoms with Crippen molar-refractivity contribution < 1.29 is 19.1 Å². The van der Waals surface area contributed by atoms with Crippen LogP contribution in [0, 0.1) is 0 Å². The molecule has 0 bridgehead atoms. The summed E-state index contributed by atoms with van der Waals surface area (Å²) in [6.45, 7) is 5.96. The maximum Gasteiger partial charge on any atom is 0.410 e. The van der Waals surface area contributed by atoms with Crippen LogP contribution < -0.4 is 11.1 Å². The van der Waals surface area contributed by atoms with Crippen LogP contribution in [0.15, 0.2) is 36.9 Å². The van der Waals surface area contributed by atoms with Crippen molar-refractivity contribution in [3.63, 3.8) is 0 Å². The average molecular weight is 429 g/mol. The van der Waals surface area contributed by atoms with E-state index in [0.717, 1.165) is 11.3 Å². The Morgan fingerprint density at radius 2 is 1.90 bits per heavy atom. The van der Waals surface area contributed by atoms with Gasteiger partial charge >= 0.3 is 12.1 Å². The zero-order valence-electron chi connectivity index (χ0n) is 17.8. The number of nitrogens with two attached hydrogens (primary N) is 1. The molecule has 0 aliphatic carbocycles. The first kappa shape index (κ1) is 22.1. The van der Waals surface area contributed by atoms with Crippen LogP contribution in [0.25, 0.3) is 5.69 Å². The van der Waals surface area contributed by atoms with Crippen molar-refractivity contribution in [2.45, 2.75) is 39.0 Å². The van der Waals surface area contributed by atoms with Gasteiger partial charge in [0.2, 0.25) is 5.91 Å². The van der Waals surface area contributed by atoms with Gasteiger partial charge in [0.15, 0.2) is 0 Å². The highest BCUT2D eigenvalue weighted by molar-refractivity contribution is 5.87. The van der Waals surface area contributed by atoms with Gasteiger partial charge in [-0.1, -0.05) is 12.1 Å². The molecule has 166 valence electrons. The second kappa shape index (κ2) is 9.02. The van der Waals surface area contributed by atoms with E-state index in [4.69, 9.17) is 10.5 Å². The SMILES string of the molecule is CC(C)(C)OC(=O)N1CCN(C(N)=O)[C@@H](C(=O)NCc2ccc(-n3cncn3)cc2)C1. The van der Waals surface area contributed by atoms with Gasteiger partial charge in [0, 0.05) is 19.6 Å². The molecule has 0 spiro atoms. The number of primary amides is 1. The molecule has 1 aromatic carbocycles. The maximum absolute atomic E-state index is 12.8. The topological polar surface area (TPSA) is 136 Å². The van der Waals surface area contributed by atoms with E-state index >= 15 is 0 Å². The van der Waals surface area contributed by atoms with E-state index in [1.165, 1.54) is 16.1 Å². The van der Waals surface area contributed by atoms with Crippen LogP contribution in [0.3, 0.4) is 0 Å². The molecule has 0 radical (unpaired) electrons. The predicted octanol–water partition coefficient (Wildman–Crippen LogP) is 0.884. The molecule has 3 N–H and O–H groups in total. The lowest BCUT2D eigenvalue weighted by Gasteiger charge is -2.39. The molecule has 1 atom stereocenters. The quantitative estimate of drug-likeness (QED) is 0.741. The predicted molar refractivity (Wildman–Crippen MR) is 111 cm³/mol. The number of urea groups is 1. The molecule has 2 heterocycles. The van der Waals surface area contributed by atoms with E-state index in [9.17, 15) is 14.4 Å². The average Bonchev–Trinajstić information content (AvgIpc) is 3.25. The number of nitrogens with one attached hydrogen (secondary N) is 1. The number of hydrogen-bond donors (Lipinski definition) is 2. The largest absolute Gasteiger partial charge is 0.444 e. The van der Waals surface area contributed by atoms with Gasteiger partial charge in [0.25, 0.3) is 0 Å². The Labute approximate surface area is 180 Å². The van der Waals surface area contributed by atoms with E-state index in [2.05, 4.69) is 15.4 Å². The molecule has 0 saturated carbocycles. The smallest absolute Gasteiger partial charge is 0.410 e. The second-order valence-electron chi connectivity index (χ2n) is 8.20. The summed E-state index contributed by atoms with van der Waals surface area (Å²) in [5, 5.41) is 6.88. The number of aromatic nitrogens is 3. The number of carbonyl (C=O) groups excluding carboxylic acids is 3. The van der Waals surface area contributed by atoms with Crippen molar-refractivity contribution in [1.82, 2.24) is 29.9 Å². The lowest BCUT2D eigenvalue weighted by atomic mass is 10.1. The third-order valence-electron chi connectivity index (χ3n) is 4.70. The fourth-order valence-corrected chi connectivity index (χ4v) is 3.18. The molecule has 0 unspecified atom stereocenters. The van der Waals surface area contributed by atoms with E-state index in [0.29, 0.717) is 0 Å². The summed E-state index contributed by atoms with van der Waals surface area (Å²) < 4.78 is 7.01. The highest BCUT2D eigenvalue weighted by Crippen LogP contribution is 2.16. The minimum absolute atomic E-state index is 0.00885. The molecule has 11 heteroatoms. The fourth-order valence-electron chi connectivity index (χ4n) is 3.18. The van der Waals surface area contributed by atoms with Gasteiger partial charge in [0.05, 0.1) is 12.2 Å². The first-order valence-corrected chi connectivity index (χ1v) is 9.90. The van der Waals surface area contributed by atoms with Crippen molar-refractivity contribution in [2.75, 3.05) is 19.6 Å². The van der Waals surface area contributed by atoms with E-state index < -0.39 is 29.7 Å². The van der Waals surface area contributed by atoms with Crippen molar-refractivity contribution in [3.8, 4) is 5.69 Å². The molecule has 1 fully saturated rings. The maximum atomic E-state index is 12.8. The molecule has 1 aliphatic heterocycles. The van der Waals surface area contributed by atoms with Gasteiger partial charge in [-0.15, -0.1) is 0 Å². The number of benzene rings is 1. The molecule has 2 aromatic rings. The molecular formula is C20H27N7O4. The van der Waals surface area contributed by atoms with E-state index in [-0.39, 0.29) is 26.2 Å². The highest BCUT2D eigenvalue weighted by atomic mass is 16.6. The summed E-state index contributed by atoms with van der Waals surface area (Å²) in [4.78, 5) is 43.6. The Kier molecular flexibility index (Phi) is 6.42. The monoisotopic (exact) mass is 429 g/mol. The highest BCUT2D eigenvalue weighted by Gasteiger charge is 2.37. The first-order valence-electron chi connectivity index (χ1n) is 9.90. The van der Waals surface area contributed by atoms with Crippen LogP contribution in [0.4, 0.5) is 9.59 Å². The molecule has 31 heavy (non-hydrogen) atoms. The minimum Gasteiger partial charge on any atom is -0.444 e. The second-order valence-corrected chi connectivity index (χ2v) is 8.20. The van der Waals surface area contributed by atoms with E-state index in [1.807, 2.05) is 24.3 Å². The molecule has 11 nitrogen and oxygen atoms in total. The summed E-state index contributed by atoms with van der Waals surface area (Å²) in [6.07, 6.45) is 2.51. The van der Waals surface area contributed by atoms with Crippen LogP contribution >= 0.6 is 0 Å². The lowest BCUT2D eigenvalue weighted by Crippen LogP contribution is -2.62. The fraction of sp³-hybridized carbons (Fsp3) is 0.450. The third kappa shape index (κ3) is 5.71. The van der Waals surface area contributed by atoms with Crippen LogP contribution in [0.1, 0.15) is 26.3 Å². The number of amides is 4. The van der Waals surface area contributed by atoms with Crippen molar-refractivity contribution in [3.05, 3.63) is 42.5 Å². The summed E-state index contributed by atoms with van der Waals surface area (Å²) >= 11 is 0. The summed E-state index contributed by atoms with van der Waals surface area (Å²) in [6, 6.07) is 5.83. The van der Waals surface area contributed by atoms with Crippen LogP contribution in [0.2, 0.25) is 0 Å². The van der Waals surface area contributed by atoms with Crippen LogP contribution in [-0.4, -0.2) is 73.9 Å². The molecule has 4 amide bonds. The number of carbonyl (C=O) groups is 3. The Morgan fingerprint density at radius 3 is 2.48 bits per heavy atom. The molecule has 1 saturated heterocycles. The Morgan fingerprint density at radius 1 is 1.19 bits per heavy atom. The lowest BCUT2D eigenvalue weighted by molar-refractivity contribution is -0.127. The van der Waals surface area contributed by atoms with Gasteiger partial charge in [-0.3, -0.25) is 4.79 Å². The van der Waals surface area contributed by atoms with Crippen LogP contribution in [0.5, 0.6) is 0 Å². The molecule has 3 rings (SSSR count). The number of hydrogen-bond acceptors (Lipinski definition) is 6. The number of piperazine rings is 1. The summed E-state index contributed by atoms with van der Waals surface area (Å²) in [5.41, 5.74) is 6.49. The minimum atomic E-state index is -0.895. The Hall–Kier alpha value is -3.63. The number of rotatable bonds is 4. The zero-order chi connectivity index (χ0) is 22.6. The normalized spacial score (nSPS) is 16.7. The Bertz CT molecular complexity index is 922. The van der Waals surface area contributed by atoms with Gasteiger partial charge in [-0.05, 0) is 38.5 Å². The molecular weight excluding hydrogens is 402 g/mol. The number of ether oxygens (including phenoxy) is 1. The van der Waals surface area contributed by atoms with Gasteiger partial charge < -0.3 is 25.6 Å². The van der Waals surface area contributed by atoms with E-state index in [1.54, 1.807) is 31.8 Å². The third-order valence-corrected chi connectivity index (χ3v) is 4.70.